The Balaban J connectivity index is 1.88. The van der Waals surface area contributed by atoms with Gasteiger partial charge in [0.1, 0.15) is 0 Å². The molecule has 3 atom stereocenters. The summed E-state index contributed by atoms with van der Waals surface area (Å²) in [5.41, 5.74) is 1.11. The maximum atomic E-state index is 12.2. The zero-order valence-corrected chi connectivity index (χ0v) is 13.1. The van der Waals surface area contributed by atoms with Gasteiger partial charge in [-0.1, -0.05) is 37.3 Å². The van der Waals surface area contributed by atoms with Crippen LogP contribution >= 0.6 is 0 Å². The van der Waals surface area contributed by atoms with E-state index in [0.29, 0.717) is 26.1 Å². The second-order valence-electron chi connectivity index (χ2n) is 6.09. The van der Waals surface area contributed by atoms with Crippen molar-refractivity contribution in [1.82, 2.24) is 10.2 Å². The van der Waals surface area contributed by atoms with Crippen molar-refractivity contribution >= 4 is 6.03 Å². The number of aliphatic hydroxyl groups excluding tert-OH is 2. The van der Waals surface area contributed by atoms with Gasteiger partial charge in [-0.25, -0.2) is 4.79 Å². The van der Waals surface area contributed by atoms with Crippen LogP contribution in [0.4, 0.5) is 4.79 Å². The van der Waals surface area contributed by atoms with Crippen molar-refractivity contribution in [2.45, 2.75) is 31.8 Å². The summed E-state index contributed by atoms with van der Waals surface area (Å²) < 4.78 is 0. The molecule has 0 radical (unpaired) electrons. The molecule has 22 heavy (non-hydrogen) atoms. The fraction of sp³-hybridized carbons (Fsp3) is 0.588. The fourth-order valence-electron chi connectivity index (χ4n) is 2.82. The van der Waals surface area contributed by atoms with Crippen molar-refractivity contribution in [2.24, 2.45) is 5.92 Å². The highest BCUT2D eigenvalue weighted by Gasteiger charge is 2.27. The van der Waals surface area contributed by atoms with E-state index in [1.807, 2.05) is 37.3 Å². The van der Waals surface area contributed by atoms with Crippen LogP contribution in [0.1, 0.15) is 31.2 Å². The zero-order valence-electron chi connectivity index (χ0n) is 13.1. The van der Waals surface area contributed by atoms with Gasteiger partial charge in [-0.15, -0.1) is 0 Å². The normalized spacial score (nSPS) is 23.1. The summed E-state index contributed by atoms with van der Waals surface area (Å²) in [6.45, 7) is 3.66. The van der Waals surface area contributed by atoms with Crippen LogP contribution in [-0.2, 0) is 0 Å². The molecular formula is C17H26N2O3. The third-order valence-corrected chi connectivity index (χ3v) is 4.45. The molecule has 1 aliphatic heterocycles. The molecule has 0 spiro atoms. The molecule has 1 fully saturated rings. The van der Waals surface area contributed by atoms with Crippen molar-refractivity contribution in [3.05, 3.63) is 35.9 Å². The Hall–Kier alpha value is -1.59. The van der Waals surface area contributed by atoms with Crippen LogP contribution in [0.25, 0.3) is 0 Å². The molecule has 1 aromatic carbocycles. The van der Waals surface area contributed by atoms with Gasteiger partial charge in [0.05, 0.1) is 6.10 Å². The first-order valence-electron chi connectivity index (χ1n) is 7.98. The highest BCUT2D eigenvalue weighted by Crippen LogP contribution is 2.19. The van der Waals surface area contributed by atoms with Gasteiger partial charge in [0.25, 0.3) is 0 Å². The molecule has 3 N–H and O–H groups in total. The van der Waals surface area contributed by atoms with E-state index in [0.717, 1.165) is 12.0 Å². The van der Waals surface area contributed by atoms with E-state index in [9.17, 15) is 15.0 Å². The Bertz CT molecular complexity index is 466. The first kappa shape index (κ1) is 16.8. The molecular weight excluding hydrogens is 280 g/mol. The third-order valence-electron chi connectivity index (χ3n) is 4.45. The van der Waals surface area contributed by atoms with Gasteiger partial charge in [-0.3, -0.25) is 0 Å². The number of β-amino-alcohol motifs (C(OH)–C–C–N with tert-alkyl or cyclic N) is 1. The molecule has 3 unspecified atom stereocenters. The van der Waals surface area contributed by atoms with Crippen LogP contribution in [0, 0.1) is 5.92 Å². The lowest BCUT2D eigenvalue weighted by molar-refractivity contribution is 0.0435. The fourth-order valence-corrected chi connectivity index (χ4v) is 2.82. The highest BCUT2D eigenvalue weighted by molar-refractivity contribution is 5.74. The third kappa shape index (κ3) is 4.45. The molecule has 1 aliphatic rings. The minimum Gasteiger partial charge on any atom is -0.396 e. The summed E-state index contributed by atoms with van der Waals surface area (Å²) >= 11 is 0. The Kier molecular flexibility index (Phi) is 6.21. The molecule has 0 bridgehead atoms. The molecule has 1 aromatic rings. The molecule has 0 aromatic heterocycles. The first-order valence-corrected chi connectivity index (χ1v) is 7.98. The quantitative estimate of drug-likeness (QED) is 0.773. The summed E-state index contributed by atoms with van der Waals surface area (Å²) in [6, 6.07) is 9.77. The number of urea groups is 1. The maximum Gasteiger partial charge on any atom is 0.317 e. The van der Waals surface area contributed by atoms with Gasteiger partial charge in [0.2, 0.25) is 0 Å². The Morgan fingerprint density at radius 3 is 2.77 bits per heavy atom. The number of amides is 2. The summed E-state index contributed by atoms with van der Waals surface area (Å²) in [4.78, 5) is 13.9. The molecule has 5 nitrogen and oxygen atoms in total. The van der Waals surface area contributed by atoms with E-state index in [1.165, 1.54) is 0 Å². The molecule has 122 valence electrons. The lowest BCUT2D eigenvalue weighted by Crippen LogP contribution is -2.50. The van der Waals surface area contributed by atoms with Gasteiger partial charge in [0.15, 0.2) is 0 Å². The van der Waals surface area contributed by atoms with Crippen LogP contribution in [0.2, 0.25) is 0 Å². The average molecular weight is 306 g/mol. The number of hydrogen-bond acceptors (Lipinski definition) is 3. The molecule has 0 aliphatic carbocycles. The number of piperidine rings is 1. The number of carbonyl (C=O) groups excluding carboxylic acids is 1. The van der Waals surface area contributed by atoms with E-state index >= 15 is 0 Å². The number of likely N-dealkylation sites (tertiary alicyclic amines) is 1. The lowest BCUT2D eigenvalue weighted by atomic mass is 9.95. The number of nitrogens with zero attached hydrogens (tertiary/aromatic N) is 1. The zero-order chi connectivity index (χ0) is 15.9. The SMILES string of the molecule is CC1CCN(C(=O)NCC(CCO)c2ccccc2)CC1O. The minimum atomic E-state index is -0.443. The van der Waals surface area contributed by atoms with Crippen molar-refractivity contribution < 1.29 is 15.0 Å². The summed E-state index contributed by atoms with van der Waals surface area (Å²) in [6.07, 6.45) is 0.999. The van der Waals surface area contributed by atoms with E-state index in [2.05, 4.69) is 5.32 Å². The first-order chi connectivity index (χ1) is 10.6. The molecule has 1 saturated heterocycles. The van der Waals surface area contributed by atoms with Gasteiger partial charge in [-0.05, 0) is 24.3 Å². The number of aliphatic hydroxyl groups is 2. The predicted molar refractivity (Wildman–Crippen MR) is 85.6 cm³/mol. The van der Waals surface area contributed by atoms with Gasteiger partial charge < -0.3 is 20.4 Å². The number of rotatable bonds is 5. The average Bonchev–Trinajstić information content (AvgIpc) is 2.54. The van der Waals surface area contributed by atoms with Crippen molar-refractivity contribution in [3.63, 3.8) is 0 Å². The molecule has 0 saturated carbocycles. The van der Waals surface area contributed by atoms with Crippen LogP contribution in [-0.4, -0.2) is 53.5 Å². The second-order valence-corrected chi connectivity index (χ2v) is 6.09. The Morgan fingerprint density at radius 1 is 1.41 bits per heavy atom. The van der Waals surface area contributed by atoms with Gasteiger partial charge in [-0.2, -0.15) is 0 Å². The van der Waals surface area contributed by atoms with Gasteiger partial charge in [0, 0.05) is 32.2 Å². The highest BCUT2D eigenvalue weighted by atomic mass is 16.3. The Labute approximate surface area is 131 Å². The smallest absolute Gasteiger partial charge is 0.317 e. The number of carbonyl (C=O) groups is 1. The molecule has 2 amide bonds. The number of hydrogen-bond donors (Lipinski definition) is 3. The maximum absolute atomic E-state index is 12.2. The monoisotopic (exact) mass is 306 g/mol. The molecule has 1 heterocycles. The summed E-state index contributed by atoms with van der Waals surface area (Å²) in [5, 5.41) is 22.0. The molecule has 2 rings (SSSR count). The molecule has 5 heteroatoms. The van der Waals surface area contributed by atoms with Gasteiger partial charge >= 0.3 is 6.03 Å². The Morgan fingerprint density at radius 2 is 2.14 bits per heavy atom. The van der Waals surface area contributed by atoms with E-state index < -0.39 is 6.10 Å². The van der Waals surface area contributed by atoms with Crippen LogP contribution in [0.5, 0.6) is 0 Å². The standard InChI is InChI=1S/C17H26N2O3/c1-13-7-9-19(12-16(13)21)17(22)18-11-15(8-10-20)14-5-3-2-4-6-14/h2-6,13,15-16,20-21H,7-12H2,1H3,(H,18,22). The van der Waals surface area contributed by atoms with Crippen molar-refractivity contribution in [1.29, 1.82) is 0 Å². The van der Waals surface area contributed by atoms with E-state index in [4.69, 9.17) is 0 Å². The largest absolute Gasteiger partial charge is 0.396 e. The predicted octanol–water partition coefficient (Wildman–Crippen LogP) is 1.56. The number of benzene rings is 1. The van der Waals surface area contributed by atoms with Crippen molar-refractivity contribution in [3.8, 4) is 0 Å². The van der Waals surface area contributed by atoms with E-state index in [1.54, 1.807) is 4.90 Å². The van der Waals surface area contributed by atoms with Crippen molar-refractivity contribution in [2.75, 3.05) is 26.2 Å². The lowest BCUT2D eigenvalue weighted by Gasteiger charge is -2.34. The second kappa shape index (κ2) is 8.15. The van der Waals surface area contributed by atoms with E-state index in [-0.39, 0.29) is 24.5 Å². The minimum absolute atomic E-state index is 0.0926. The summed E-state index contributed by atoms with van der Waals surface area (Å²) in [7, 11) is 0. The van der Waals surface area contributed by atoms with Crippen LogP contribution in [0.3, 0.4) is 0 Å². The summed E-state index contributed by atoms with van der Waals surface area (Å²) in [5.74, 6) is 0.347. The van der Waals surface area contributed by atoms with Crippen LogP contribution < -0.4 is 5.32 Å². The topological polar surface area (TPSA) is 72.8 Å². The van der Waals surface area contributed by atoms with Crippen LogP contribution in [0.15, 0.2) is 30.3 Å². The number of nitrogens with one attached hydrogen (secondary N) is 1.